The molecule has 0 unspecified atom stereocenters. The molecule has 2 fully saturated rings. The van der Waals surface area contributed by atoms with Crippen LogP contribution in [0, 0.1) is 5.92 Å². The van der Waals surface area contributed by atoms with E-state index in [9.17, 15) is 0 Å². The van der Waals surface area contributed by atoms with Crippen molar-refractivity contribution in [3.8, 4) is 0 Å². The van der Waals surface area contributed by atoms with Crippen LogP contribution < -0.4 is 15.5 Å². The molecule has 2 aliphatic rings. The molecular weight excluding hydrogens is 252 g/mol. The van der Waals surface area contributed by atoms with Gasteiger partial charge in [-0.15, -0.1) is 0 Å². The van der Waals surface area contributed by atoms with Gasteiger partial charge in [-0.25, -0.2) is 0 Å². The smallest absolute Gasteiger partial charge is 0.231 e. The van der Waals surface area contributed by atoms with Crippen molar-refractivity contribution in [3.63, 3.8) is 0 Å². The summed E-state index contributed by atoms with van der Waals surface area (Å²) >= 11 is 0. The van der Waals surface area contributed by atoms with E-state index in [1.807, 2.05) is 0 Å². The highest BCUT2D eigenvalue weighted by molar-refractivity contribution is 5.44. The molecule has 3 rings (SSSR count). The summed E-state index contributed by atoms with van der Waals surface area (Å²) in [5, 5.41) is 0. The first-order chi connectivity index (χ1) is 9.72. The van der Waals surface area contributed by atoms with Crippen molar-refractivity contribution < 1.29 is 0 Å². The third-order valence-electron chi connectivity index (χ3n) is 4.33. The summed E-state index contributed by atoms with van der Waals surface area (Å²) < 4.78 is 0. The standard InChI is InChI=1S/C14H24N6/c1-11-5-9-20(10-6-11)14-17-12(15)16-13(18-14)19-7-3-2-4-8-19/h11H,2-10H2,1H3,(H2,15,16,17,18). The Morgan fingerprint density at radius 2 is 1.40 bits per heavy atom. The summed E-state index contributed by atoms with van der Waals surface area (Å²) in [7, 11) is 0. The minimum absolute atomic E-state index is 0.342. The minimum atomic E-state index is 0.342. The zero-order valence-electron chi connectivity index (χ0n) is 12.3. The van der Waals surface area contributed by atoms with Crippen molar-refractivity contribution in [3.05, 3.63) is 0 Å². The van der Waals surface area contributed by atoms with Gasteiger partial charge in [-0.3, -0.25) is 0 Å². The molecule has 1 aromatic heterocycles. The van der Waals surface area contributed by atoms with Gasteiger partial charge in [-0.2, -0.15) is 15.0 Å². The Morgan fingerprint density at radius 3 is 2.00 bits per heavy atom. The summed E-state index contributed by atoms with van der Waals surface area (Å²) in [4.78, 5) is 17.8. The fourth-order valence-corrected chi connectivity index (χ4v) is 2.95. The fourth-order valence-electron chi connectivity index (χ4n) is 2.95. The van der Waals surface area contributed by atoms with Crippen LogP contribution in [-0.4, -0.2) is 41.1 Å². The van der Waals surface area contributed by atoms with Crippen molar-refractivity contribution in [1.29, 1.82) is 0 Å². The molecule has 0 amide bonds. The molecule has 2 aliphatic heterocycles. The van der Waals surface area contributed by atoms with Crippen LogP contribution >= 0.6 is 0 Å². The lowest BCUT2D eigenvalue weighted by atomic mass is 10.00. The van der Waals surface area contributed by atoms with Crippen LogP contribution in [-0.2, 0) is 0 Å². The van der Waals surface area contributed by atoms with Crippen molar-refractivity contribution in [1.82, 2.24) is 15.0 Å². The first kappa shape index (κ1) is 13.4. The van der Waals surface area contributed by atoms with Gasteiger partial charge in [0.05, 0.1) is 0 Å². The van der Waals surface area contributed by atoms with Gasteiger partial charge in [0.15, 0.2) is 0 Å². The number of hydrogen-bond donors (Lipinski definition) is 1. The van der Waals surface area contributed by atoms with E-state index < -0.39 is 0 Å². The average Bonchev–Trinajstić information content (AvgIpc) is 2.48. The van der Waals surface area contributed by atoms with E-state index in [0.29, 0.717) is 5.95 Å². The lowest BCUT2D eigenvalue weighted by Gasteiger charge is -2.31. The number of nitrogen functional groups attached to an aromatic ring is 1. The third kappa shape index (κ3) is 2.94. The molecule has 1 aromatic rings. The van der Waals surface area contributed by atoms with Gasteiger partial charge in [0, 0.05) is 26.2 Å². The summed E-state index contributed by atoms with van der Waals surface area (Å²) in [5.41, 5.74) is 5.88. The second kappa shape index (κ2) is 5.81. The lowest BCUT2D eigenvalue weighted by molar-refractivity contribution is 0.434. The second-order valence-electron chi connectivity index (χ2n) is 6.01. The molecule has 2 saturated heterocycles. The van der Waals surface area contributed by atoms with E-state index in [1.54, 1.807) is 0 Å². The highest BCUT2D eigenvalue weighted by Gasteiger charge is 2.21. The Hall–Kier alpha value is -1.59. The van der Waals surface area contributed by atoms with Gasteiger partial charge in [0.1, 0.15) is 0 Å². The number of anilines is 3. The number of rotatable bonds is 2. The third-order valence-corrected chi connectivity index (χ3v) is 4.33. The zero-order chi connectivity index (χ0) is 13.9. The van der Waals surface area contributed by atoms with Crippen LogP contribution in [0.15, 0.2) is 0 Å². The normalized spacial score (nSPS) is 21.2. The van der Waals surface area contributed by atoms with E-state index in [-0.39, 0.29) is 0 Å². The molecule has 6 nitrogen and oxygen atoms in total. The Balaban J connectivity index is 1.79. The Labute approximate surface area is 120 Å². The van der Waals surface area contributed by atoms with E-state index in [0.717, 1.165) is 44.0 Å². The number of aromatic nitrogens is 3. The number of nitrogens with two attached hydrogens (primary N) is 1. The van der Waals surface area contributed by atoms with Crippen LogP contribution in [0.25, 0.3) is 0 Å². The molecule has 20 heavy (non-hydrogen) atoms. The number of piperidine rings is 2. The van der Waals surface area contributed by atoms with Gasteiger partial charge in [-0.1, -0.05) is 6.92 Å². The van der Waals surface area contributed by atoms with Gasteiger partial charge in [-0.05, 0) is 38.0 Å². The van der Waals surface area contributed by atoms with Crippen molar-refractivity contribution in [2.24, 2.45) is 5.92 Å². The SMILES string of the molecule is CC1CCN(c2nc(N)nc(N3CCCCC3)n2)CC1. The largest absolute Gasteiger partial charge is 0.368 e. The van der Waals surface area contributed by atoms with Gasteiger partial charge < -0.3 is 15.5 Å². The molecular formula is C14H24N6. The molecule has 6 heteroatoms. The van der Waals surface area contributed by atoms with Crippen LogP contribution in [0.3, 0.4) is 0 Å². The molecule has 2 N–H and O–H groups in total. The summed E-state index contributed by atoms with van der Waals surface area (Å²) in [6.45, 7) is 6.40. The quantitative estimate of drug-likeness (QED) is 0.886. The maximum atomic E-state index is 5.88. The van der Waals surface area contributed by atoms with Crippen LogP contribution in [0.2, 0.25) is 0 Å². The summed E-state index contributed by atoms with van der Waals surface area (Å²) in [6, 6.07) is 0. The Kier molecular flexibility index (Phi) is 3.89. The van der Waals surface area contributed by atoms with E-state index in [4.69, 9.17) is 5.73 Å². The summed E-state index contributed by atoms with van der Waals surface area (Å²) in [6.07, 6.45) is 6.12. The Bertz CT molecular complexity index is 449. The monoisotopic (exact) mass is 276 g/mol. The number of nitrogens with zero attached hydrogens (tertiary/aromatic N) is 5. The van der Waals surface area contributed by atoms with Gasteiger partial charge in [0.25, 0.3) is 0 Å². The first-order valence-electron chi connectivity index (χ1n) is 7.74. The molecule has 0 spiro atoms. The summed E-state index contributed by atoms with van der Waals surface area (Å²) in [5.74, 6) is 2.65. The van der Waals surface area contributed by atoms with Crippen LogP contribution in [0.5, 0.6) is 0 Å². The second-order valence-corrected chi connectivity index (χ2v) is 6.01. The number of hydrogen-bond acceptors (Lipinski definition) is 6. The highest BCUT2D eigenvalue weighted by atomic mass is 15.4. The van der Waals surface area contributed by atoms with E-state index in [1.165, 1.54) is 32.1 Å². The van der Waals surface area contributed by atoms with Gasteiger partial charge >= 0.3 is 0 Å². The topological polar surface area (TPSA) is 71.2 Å². The van der Waals surface area contributed by atoms with Crippen LogP contribution in [0.1, 0.15) is 39.0 Å². The molecule has 0 radical (unpaired) electrons. The highest BCUT2D eigenvalue weighted by Crippen LogP contribution is 2.23. The molecule has 0 aliphatic carbocycles. The van der Waals surface area contributed by atoms with Crippen molar-refractivity contribution in [2.75, 3.05) is 41.7 Å². The van der Waals surface area contributed by atoms with Gasteiger partial charge in [0.2, 0.25) is 17.8 Å². The predicted molar refractivity (Wildman–Crippen MR) is 80.9 cm³/mol. The van der Waals surface area contributed by atoms with E-state index in [2.05, 4.69) is 31.7 Å². The lowest BCUT2D eigenvalue weighted by Crippen LogP contribution is -2.36. The molecule has 0 atom stereocenters. The van der Waals surface area contributed by atoms with Crippen LogP contribution in [0.4, 0.5) is 17.8 Å². The predicted octanol–water partition coefficient (Wildman–Crippen LogP) is 1.68. The molecule has 110 valence electrons. The molecule has 0 saturated carbocycles. The minimum Gasteiger partial charge on any atom is -0.368 e. The molecule has 0 aromatic carbocycles. The van der Waals surface area contributed by atoms with E-state index >= 15 is 0 Å². The average molecular weight is 276 g/mol. The first-order valence-corrected chi connectivity index (χ1v) is 7.74. The molecule has 0 bridgehead atoms. The van der Waals surface area contributed by atoms with Crippen molar-refractivity contribution in [2.45, 2.75) is 39.0 Å². The fraction of sp³-hybridized carbons (Fsp3) is 0.786. The Morgan fingerprint density at radius 1 is 0.850 bits per heavy atom. The maximum absolute atomic E-state index is 5.88. The zero-order valence-corrected chi connectivity index (χ0v) is 12.3. The van der Waals surface area contributed by atoms with Crippen molar-refractivity contribution >= 4 is 17.8 Å². The molecule has 3 heterocycles. The maximum Gasteiger partial charge on any atom is 0.231 e.